The Morgan fingerprint density at radius 3 is 2.31 bits per heavy atom. The van der Waals surface area contributed by atoms with E-state index in [0.29, 0.717) is 42.3 Å². The Hall–Kier alpha value is -1.78. The molecular weight excluding hydrogens is 545 g/mol. The fourth-order valence-corrected chi connectivity index (χ4v) is 6.47. The van der Waals surface area contributed by atoms with E-state index >= 15 is 0 Å². The predicted octanol–water partition coefficient (Wildman–Crippen LogP) is 2.84. The minimum absolute atomic E-state index is 0. The Labute approximate surface area is 233 Å². The van der Waals surface area contributed by atoms with Gasteiger partial charge in [0.15, 0.2) is 0 Å². The zero-order valence-electron chi connectivity index (χ0n) is 18.5. The van der Waals surface area contributed by atoms with Gasteiger partial charge in [-0.05, 0) is 44.0 Å². The number of anilines is 1. The molecule has 2 heterocycles. The van der Waals surface area contributed by atoms with Crippen molar-refractivity contribution in [2.24, 2.45) is 0 Å². The summed E-state index contributed by atoms with van der Waals surface area (Å²) in [7, 11) is -9.70. The number of rotatable bonds is 11. The molecule has 0 saturated heterocycles. The molecule has 3 N–H and O–H groups in total. The van der Waals surface area contributed by atoms with Gasteiger partial charge >= 0.3 is 51.3 Å². The molecule has 0 radical (unpaired) electrons. The molecule has 3 aromatic rings. The molecule has 0 fully saturated rings. The van der Waals surface area contributed by atoms with Crippen LogP contribution in [0.5, 0.6) is 0 Å². The first kappa shape index (κ1) is 30.4. The van der Waals surface area contributed by atoms with Gasteiger partial charge in [0.1, 0.15) is 14.7 Å². The van der Waals surface area contributed by atoms with Gasteiger partial charge in [-0.25, -0.2) is 4.79 Å². The van der Waals surface area contributed by atoms with Crippen molar-refractivity contribution in [1.29, 1.82) is 0 Å². The fourth-order valence-electron chi connectivity index (χ4n) is 3.54. The van der Waals surface area contributed by atoms with Gasteiger partial charge in [-0.2, -0.15) is 16.8 Å². The van der Waals surface area contributed by atoms with Crippen molar-refractivity contribution in [3.05, 3.63) is 40.8 Å². The fraction of sp³-hybridized carbons (Fsp3) is 0.333. The van der Waals surface area contributed by atoms with E-state index in [4.69, 9.17) is 9.52 Å². The second-order valence-corrected chi connectivity index (χ2v) is 11.8. The maximum atomic E-state index is 12.7. The predicted molar refractivity (Wildman–Crippen MR) is 137 cm³/mol. The van der Waals surface area contributed by atoms with Crippen LogP contribution in [0.25, 0.3) is 21.4 Å². The van der Waals surface area contributed by atoms with Gasteiger partial charge < -0.3 is 14.4 Å². The number of benzene rings is 1. The van der Waals surface area contributed by atoms with E-state index in [1.807, 2.05) is 11.8 Å². The van der Waals surface area contributed by atoms with Crippen LogP contribution in [0.3, 0.4) is 0 Å². The van der Waals surface area contributed by atoms with E-state index in [1.54, 1.807) is 18.2 Å². The molecule has 0 bridgehead atoms. The molecule has 192 valence electrons. The molecule has 0 atom stereocenters. The van der Waals surface area contributed by atoms with Crippen molar-refractivity contribution in [1.82, 2.24) is 0 Å². The van der Waals surface area contributed by atoms with Crippen LogP contribution >= 0.6 is 11.3 Å². The summed E-state index contributed by atoms with van der Waals surface area (Å²) in [6.45, 7) is 3.26. The number of carbonyl (C=O) groups is 1. The molecule has 0 saturated carbocycles. The number of carboxylic acids is 1. The molecule has 1 aromatic carbocycles. The molecule has 0 aliphatic carbocycles. The van der Waals surface area contributed by atoms with Crippen molar-refractivity contribution in [2.45, 2.75) is 41.7 Å². The first-order valence-electron chi connectivity index (χ1n) is 10.4. The molecule has 11 nitrogen and oxygen atoms in total. The van der Waals surface area contributed by atoms with Gasteiger partial charge in [0.25, 0.3) is 10.1 Å². The van der Waals surface area contributed by atoms with Crippen LogP contribution < -0.4 is 10.5 Å². The number of fused-ring (bicyclic) bond motifs is 1. The Balaban J connectivity index is 0.00000456. The Kier molecular flexibility index (Phi) is 10.3. The normalized spacial score (nSPS) is 11.9. The van der Waals surface area contributed by atoms with Crippen LogP contribution in [0, 0.1) is 0 Å². The monoisotopic (exact) mass is 569 g/mol. The SMILES string of the molecule is CCN(CCCCCC(=O)O)c1ccc2cc(-c3sc(S(=O)(=O)O)cc3S(=O)(=O)O)c(=O)oc2c1.[NaH]. The summed E-state index contributed by atoms with van der Waals surface area (Å²) < 4.78 is 69.9. The standard InChI is InChI=1S/C21H23NO10S3.Na.H/c1-2-22(9-5-3-4-6-18(23)24)14-8-7-13-10-15(21(25)32-16(13)11-14)20-17(34(26,27)28)12-19(33-20)35(29,30)31;;/h7-8,10-12H,2-6,9H2,1H3,(H,23,24)(H,26,27,28)(H,29,30,31);;. The summed E-state index contributed by atoms with van der Waals surface area (Å²) in [5.74, 6) is -0.832. The molecule has 0 unspecified atom stereocenters. The zero-order valence-corrected chi connectivity index (χ0v) is 21.0. The average molecular weight is 570 g/mol. The molecule has 0 aliphatic rings. The number of carboxylic acid groups (broad SMARTS) is 1. The quantitative estimate of drug-likeness (QED) is 0.134. The summed E-state index contributed by atoms with van der Waals surface area (Å²) in [5, 5.41) is 9.15. The molecule has 36 heavy (non-hydrogen) atoms. The summed E-state index contributed by atoms with van der Waals surface area (Å²) in [6.07, 6.45) is 2.22. The third-order valence-electron chi connectivity index (χ3n) is 5.24. The van der Waals surface area contributed by atoms with E-state index in [-0.39, 0.29) is 52.0 Å². The maximum absolute atomic E-state index is 12.7. The zero-order chi connectivity index (χ0) is 26.0. The van der Waals surface area contributed by atoms with Crippen LogP contribution in [0.1, 0.15) is 32.6 Å². The van der Waals surface area contributed by atoms with Gasteiger partial charge in [-0.1, -0.05) is 6.42 Å². The molecule has 0 aliphatic heterocycles. The van der Waals surface area contributed by atoms with Crippen LogP contribution in [0.2, 0.25) is 0 Å². The second-order valence-electron chi connectivity index (χ2n) is 7.66. The molecule has 0 amide bonds. The molecule has 3 rings (SSSR count). The Bertz CT molecular complexity index is 1530. The van der Waals surface area contributed by atoms with E-state index in [1.165, 1.54) is 6.07 Å². The molecule has 2 aromatic heterocycles. The molecular formula is C21H24NNaO10S3. The molecule has 0 spiro atoms. The van der Waals surface area contributed by atoms with Crippen molar-refractivity contribution >= 4 is 83.8 Å². The molecule has 15 heteroatoms. The van der Waals surface area contributed by atoms with Crippen molar-refractivity contribution in [3.63, 3.8) is 0 Å². The third-order valence-corrected chi connectivity index (χ3v) is 8.72. The Morgan fingerprint density at radius 2 is 1.72 bits per heavy atom. The van der Waals surface area contributed by atoms with E-state index in [9.17, 15) is 35.5 Å². The van der Waals surface area contributed by atoms with Gasteiger partial charge in [-0.3, -0.25) is 13.9 Å². The minimum atomic E-state index is -4.92. The number of hydrogen-bond donors (Lipinski definition) is 3. The van der Waals surface area contributed by atoms with Crippen molar-refractivity contribution in [2.75, 3.05) is 18.0 Å². The van der Waals surface area contributed by atoms with Crippen LogP contribution in [0.4, 0.5) is 5.69 Å². The number of nitrogens with zero attached hydrogens (tertiary/aromatic N) is 1. The van der Waals surface area contributed by atoms with Gasteiger partial charge in [0.2, 0.25) is 0 Å². The first-order valence-corrected chi connectivity index (χ1v) is 14.1. The first-order chi connectivity index (χ1) is 16.3. The summed E-state index contributed by atoms with van der Waals surface area (Å²) in [5.41, 5.74) is -0.276. The Morgan fingerprint density at radius 1 is 1.03 bits per heavy atom. The van der Waals surface area contributed by atoms with Gasteiger partial charge in [0, 0.05) is 36.7 Å². The van der Waals surface area contributed by atoms with E-state index in [2.05, 4.69) is 0 Å². The number of thiophene rings is 1. The second kappa shape index (κ2) is 12.2. The number of hydrogen-bond acceptors (Lipinski definition) is 9. The third kappa shape index (κ3) is 7.38. The summed E-state index contributed by atoms with van der Waals surface area (Å²) in [6, 6.07) is 6.96. The summed E-state index contributed by atoms with van der Waals surface area (Å²) >= 11 is 0.313. The van der Waals surface area contributed by atoms with Gasteiger partial charge in [0.05, 0.1) is 10.4 Å². The summed E-state index contributed by atoms with van der Waals surface area (Å²) in [4.78, 5) is 24.2. The number of aliphatic carboxylic acids is 1. The van der Waals surface area contributed by atoms with Crippen molar-refractivity contribution in [3.8, 4) is 10.4 Å². The van der Waals surface area contributed by atoms with E-state index in [0.717, 1.165) is 18.5 Å². The van der Waals surface area contributed by atoms with Crippen LogP contribution in [-0.4, -0.2) is 79.7 Å². The van der Waals surface area contributed by atoms with E-state index < -0.39 is 40.9 Å². The van der Waals surface area contributed by atoms with Crippen LogP contribution in [0.15, 0.2) is 48.6 Å². The average Bonchev–Trinajstić information content (AvgIpc) is 3.22. The van der Waals surface area contributed by atoms with Crippen molar-refractivity contribution < 1.29 is 40.3 Å². The van der Waals surface area contributed by atoms with Crippen LogP contribution in [-0.2, 0) is 25.0 Å². The van der Waals surface area contributed by atoms with Gasteiger partial charge in [-0.15, -0.1) is 11.3 Å². The topological polar surface area (TPSA) is 179 Å². The number of unbranched alkanes of at least 4 members (excludes halogenated alkanes) is 2.